The van der Waals surface area contributed by atoms with Crippen LogP contribution in [-0.2, 0) is 11.3 Å². The van der Waals surface area contributed by atoms with Gasteiger partial charge in [0.25, 0.3) is 0 Å². The molecule has 6 rings (SSSR count). The Balaban J connectivity index is 1.38. The van der Waals surface area contributed by atoms with Crippen LogP contribution in [0, 0.1) is 0 Å². The second kappa shape index (κ2) is 7.13. The molecule has 1 saturated carbocycles. The molecule has 0 radical (unpaired) electrons. The number of fused-ring (bicyclic) bond motifs is 2. The number of nitrogens with two attached hydrogens (primary N) is 2. The van der Waals surface area contributed by atoms with Gasteiger partial charge in [-0.15, -0.1) is 8.78 Å². The highest BCUT2D eigenvalue weighted by atomic mass is 19.3. The first kappa shape index (κ1) is 20.8. The lowest BCUT2D eigenvalue weighted by Gasteiger charge is -2.26. The minimum absolute atomic E-state index is 0.0769. The number of hydrogen-bond donors (Lipinski definition) is 3. The van der Waals surface area contributed by atoms with E-state index in [0.29, 0.717) is 35.4 Å². The molecule has 5 N–H and O–H groups in total. The summed E-state index contributed by atoms with van der Waals surface area (Å²) >= 11 is 0. The number of nitrogens with zero attached hydrogens (tertiary/aromatic N) is 5. The van der Waals surface area contributed by atoms with E-state index in [1.807, 2.05) is 4.90 Å². The molecule has 11 nitrogen and oxygen atoms in total. The zero-order valence-electron chi connectivity index (χ0n) is 18.0. The van der Waals surface area contributed by atoms with Gasteiger partial charge in [-0.05, 0) is 31.4 Å². The van der Waals surface area contributed by atoms with Crippen LogP contribution in [0.3, 0.4) is 0 Å². The van der Waals surface area contributed by atoms with E-state index in [1.54, 1.807) is 10.6 Å². The van der Waals surface area contributed by atoms with Gasteiger partial charge in [0.15, 0.2) is 23.0 Å². The summed E-state index contributed by atoms with van der Waals surface area (Å²) in [5.74, 6) is -0.142. The monoisotopic (exact) mass is 472 g/mol. The maximum Gasteiger partial charge on any atom is 0.586 e. The SMILES string of the molecule is Nc1ncnc2c1ncn2Cc1c(N2CCC(N)(C(=O)NC3CC3)C2)ccc2c1OC(F)(F)O2. The average Bonchev–Trinajstić information content (AvgIpc) is 3.21. The van der Waals surface area contributed by atoms with Gasteiger partial charge < -0.3 is 35.7 Å². The molecule has 13 heteroatoms. The molecule has 178 valence electrons. The van der Waals surface area contributed by atoms with E-state index < -0.39 is 11.8 Å². The molecule has 1 amide bonds. The first-order chi connectivity index (χ1) is 16.2. The molecule has 1 unspecified atom stereocenters. The van der Waals surface area contributed by atoms with Gasteiger partial charge in [0.1, 0.15) is 17.4 Å². The van der Waals surface area contributed by atoms with Crippen molar-refractivity contribution in [1.29, 1.82) is 0 Å². The van der Waals surface area contributed by atoms with Gasteiger partial charge in [-0.2, -0.15) is 0 Å². The van der Waals surface area contributed by atoms with Crippen molar-refractivity contribution in [2.24, 2.45) is 5.73 Å². The Morgan fingerprint density at radius 2 is 2.06 bits per heavy atom. The third-order valence-electron chi connectivity index (χ3n) is 6.41. The zero-order chi connectivity index (χ0) is 23.7. The van der Waals surface area contributed by atoms with Crippen LogP contribution in [0.4, 0.5) is 20.3 Å². The summed E-state index contributed by atoms with van der Waals surface area (Å²) in [7, 11) is 0. The Kier molecular flexibility index (Phi) is 4.37. The minimum atomic E-state index is -3.79. The number of carbonyl (C=O) groups excluding carboxylic acids is 1. The molecule has 2 aliphatic heterocycles. The van der Waals surface area contributed by atoms with Crippen molar-refractivity contribution in [3.8, 4) is 11.5 Å². The molecular weight excluding hydrogens is 450 g/mol. The fourth-order valence-corrected chi connectivity index (χ4v) is 4.47. The van der Waals surface area contributed by atoms with Crippen LogP contribution in [0.2, 0.25) is 0 Å². The van der Waals surface area contributed by atoms with Crippen LogP contribution in [0.25, 0.3) is 11.2 Å². The Hall–Kier alpha value is -3.74. The number of benzene rings is 1. The Morgan fingerprint density at radius 3 is 2.85 bits per heavy atom. The molecule has 3 aliphatic rings. The Bertz CT molecular complexity index is 1310. The van der Waals surface area contributed by atoms with Crippen LogP contribution in [-0.4, -0.2) is 56.4 Å². The third-order valence-corrected chi connectivity index (χ3v) is 6.41. The molecule has 3 aromatic rings. The van der Waals surface area contributed by atoms with Crippen molar-refractivity contribution < 1.29 is 23.0 Å². The third kappa shape index (κ3) is 3.43. The fourth-order valence-electron chi connectivity index (χ4n) is 4.47. The number of alkyl halides is 2. The molecule has 1 saturated heterocycles. The van der Waals surface area contributed by atoms with E-state index in [1.165, 1.54) is 18.7 Å². The summed E-state index contributed by atoms with van der Waals surface area (Å²) in [5, 5.41) is 2.96. The number of ether oxygens (including phenoxy) is 2. The topological polar surface area (TPSA) is 146 Å². The fraction of sp³-hybridized carbons (Fsp3) is 0.429. The van der Waals surface area contributed by atoms with Crippen LogP contribution in [0.1, 0.15) is 24.8 Å². The second-order valence-corrected chi connectivity index (χ2v) is 8.94. The number of hydrogen-bond acceptors (Lipinski definition) is 9. The van der Waals surface area contributed by atoms with Gasteiger partial charge in [0, 0.05) is 30.4 Å². The van der Waals surface area contributed by atoms with Gasteiger partial charge in [-0.3, -0.25) is 4.79 Å². The predicted molar refractivity (Wildman–Crippen MR) is 116 cm³/mol. The highest BCUT2D eigenvalue weighted by Gasteiger charge is 2.47. The van der Waals surface area contributed by atoms with E-state index in [0.717, 1.165) is 12.8 Å². The van der Waals surface area contributed by atoms with E-state index in [2.05, 4.69) is 25.0 Å². The Morgan fingerprint density at radius 1 is 1.24 bits per heavy atom. The van der Waals surface area contributed by atoms with Crippen molar-refractivity contribution >= 4 is 28.6 Å². The van der Waals surface area contributed by atoms with Crippen LogP contribution < -0.4 is 31.2 Å². The molecule has 0 spiro atoms. The average molecular weight is 472 g/mol. The van der Waals surface area contributed by atoms with Crippen LogP contribution in [0.5, 0.6) is 11.5 Å². The summed E-state index contributed by atoms with van der Waals surface area (Å²) in [6.45, 7) is 0.791. The van der Waals surface area contributed by atoms with Crippen molar-refractivity contribution in [3.05, 3.63) is 30.4 Å². The van der Waals surface area contributed by atoms with Gasteiger partial charge in [-0.25, -0.2) is 15.0 Å². The number of nitrogen functional groups attached to an aromatic ring is 1. The minimum Gasteiger partial charge on any atom is -0.395 e. The number of nitrogens with one attached hydrogen (secondary N) is 1. The molecule has 2 fully saturated rings. The lowest BCUT2D eigenvalue weighted by Crippen LogP contribution is -2.56. The number of aromatic nitrogens is 4. The lowest BCUT2D eigenvalue weighted by molar-refractivity contribution is -0.286. The smallest absolute Gasteiger partial charge is 0.395 e. The van der Waals surface area contributed by atoms with Crippen molar-refractivity contribution in [2.45, 2.75) is 43.7 Å². The molecule has 1 aromatic carbocycles. The maximum atomic E-state index is 14.0. The van der Waals surface area contributed by atoms with E-state index in [9.17, 15) is 13.6 Å². The highest BCUT2D eigenvalue weighted by Crippen LogP contribution is 2.48. The summed E-state index contributed by atoms with van der Waals surface area (Å²) in [6, 6.07) is 3.29. The first-order valence-corrected chi connectivity index (χ1v) is 10.9. The van der Waals surface area contributed by atoms with Crippen LogP contribution >= 0.6 is 0 Å². The zero-order valence-corrected chi connectivity index (χ0v) is 18.0. The van der Waals surface area contributed by atoms with Gasteiger partial charge in [0.05, 0.1) is 12.9 Å². The van der Waals surface area contributed by atoms with Crippen molar-refractivity contribution in [1.82, 2.24) is 24.8 Å². The van der Waals surface area contributed by atoms with E-state index in [-0.39, 0.29) is 42.4 Å². The number of halogens is 2. The summed E-state index contributed by atoms with van der Waals surface area (Å²) in [6.07, 6.45) is 1.37. The number of rotatable bonds is 5. The lowest BCUT2D eigenvalue weighted by atomic mass is 9.99. The number of carbonyl (C=O) groups is 1. The highest BCUT2D eigenvalue weighted by molar-refractivity contribution is 5.88. The quantitative estimate of drug-likeness (QED) is 0.494. The normalized spacial score (nSPS) is 23.0. The predicted octanol–water partition coefficient (Wildman–Crippen LogP) is 0.965. The van der Waals surface area contributed by atoms with Gasteiger partial charge >= 0.3 is 6.29 Å². The molecule has 4 heterocycles. The van der Waals surface area contributed by atoms with Gasteiger partial charge in [0.2, 0.25) is 5.91 Å². The van der Waals surface area contributed by atoms with Crippen molar-refractivity contribution in [3.63, 3.8) is 0 Å². The number of amides is 1. The van der Waals surface area contributed by atoms with E-state index >= 15 is 0 Å². The van der Waals surface area contributed by atoms with E-state index in [4.69, 9.17) is 16.2 Å². The number of anilines is 2. The van der Waals surface area contributed by atoms with Crippen molar-refractivity contribution in [2.75, 3.05) is 23.7 Å². The largest absolute Gasteiger partial charge is 0.586 e. The Labute approximate surface area is 192 Å². The summed E-state index contributed by atoms with van der Waals surface area (Å²) in [4.78, 5) is 27.1. The van der Waals surface area contributed by atoms with Crippen LogP contribution in [0.15, 0.2) is 24.8 Å². The molecule has 34 heavy (non-hydrogen) atoms. The van der Waals surface area contributed by atoms with Gasteiger partial charge in [-0.1, -0.05) is 0 Å². The summed E-state index contributed by atoms with van der Waals surface area (Å²) in [5.41, 5.74) is 13.1. The standard InChI is InChI=1S/C21H22F2N8O3/c22-21(23)33-14-4-3-13(30-6-5-20(25,8-30)19(32)29-11-1-2-11)12(16(14)34-21)7-31-10-28-15-17(24)26-9-27-18(15)31/h3-4,9-11H,1-2,5-8,25H2,(H,29,32)(H2,24,26,27). The molecule has 1 aliphatic carbocycles. The summed E-state index contributed by atoms with van der Waals surface area (Å²) < 4.78 is 39.2. The second-order valence-electron chi connectivity index (χ2n) is 8.94. The first-order valence-electron chi connectivity index (χ1n) is 10.9. The molecule has 2 aromatic heterocycles. The molecular formula is C21H22F2N8O3. The molecule has 0 bridgehead atoms. The maximum absolute atomic E-state index is 14.0. The molecule has 1 atom stereocenters. The number of imidazole rings is 1.